The molecule has 0 saturated heterocycles. The summed E-state index contributed by atoms with van der Waals surface area (Å²) in [5.74, 6) is 1.02. The van der Waals surface area contributed by atoms with Gasteiger partial charge in [-0.3, -0.25) is 5.32 Å². The SMILES string of the molecule is C=CCOc1ccc(Br)cc1C1N=C(NC#N)Nc2nc(N)c(C#N)c(N)c21. The van der Waals surface area contributed by atoms with Crippen LogP contribution in [0.15, 0.2) is 40.3 Å². The van der Waals surface area contributed by atoms with Crippen molar-refractivity contribution in [3.63, 3.8) is 0 Å². The minimum Gasteiger partial charge on any atom is -0.489 e. The predicted octanol–water partition coefficient (Wildman–Crippen LogP) is 2.39. The third-order valence-corrected chi connectivity index (χ3v) is 4.47. The number of pyridine rings is 1. The Morgan fingerprint density at radius 3 is 2.86 bits per heavy atom. The number of fused-ring (bicyclic) bond motifs is 1. The molecule has 1 aromatic carbocycles. The first-order valence-electron chi connectivity index (χ1n) is 8.02. The lowest BCUT2D eigenvalue weighted by Crippen LogP contribution is -2.33. The number of nitrogen functional groups attached to an aromatic ring is 2. The van der Waals surface area contributed by atoms with Crippen LogP contribution in [0, 0.1) is 22.8 Å². The predicted molar refractivity (Wildman–Crippen MR) is 109 cm³/mol. The molecule has 9 nitrogen and oxygen atoms in total. The third kappa shape index (κ3) is 3.41. The standard InChI is InChI=1S/C18H15BrN8O/c1-2-5-28-12-4-3-9(19)6-10(12)15-13-14(22)11(7-20)16(23)26-17(13)27-18(25-15)24-8-21/h2-4,6,15H,1,5H2,(H6,22,23,24,25,26,27). The number of guanidine groups is 1. The van der Waals surface area contributed by atoms with E-state index in [0.717, 1.165) is 4.47 Å². The number of hydrogen-bond acceptors (Lipinski definition) is 9. The minimum absolute atomic E-state index is 0.0134. The lowest BCUT2D eigenvalue weighted by molar-refractivity contribution is 0.357. The van der Waals surface area contributed by atoms with Crippen LogP contribution in [0.3, 0.4) is 0 Å². The number of nitrogens with zero attached hydrogens (tertiary/aromatic N) is 4. The van der Waals surface area contributed by atoms with Crippen molar-refractivity contribution in [2.24, 2.45) is 4.99 Å². The quantitative estimate of drug-likeness (QED) is 0.321. The number of aromatic nitrogens is 1. The van der Waals surface area contributed by atoms with Gasteiger partial charge in [-0.05, 0) is 18.2 Å². The summed E-state index contributed by atoms with van der Waals surface area (Å²) in [6, 6.07) is 6.72. The van der Waals surface area contributed by atoms with Crippen molar-refractivity contribution in [2.45, 2.75) is 6.04 Å². The fourth-order valence-electron chi connectivity index (χ4n) is 2.82. The van der Waals surface area contributed by atoms with Gasteiger partial charge in [-0.15, -0.1) is 0 Å². The Labute approximate surface area is 169 Å². The van der Waals surface area contributed by atoms with Gasteiger partial charge in [0.25, 0.3) is 0 Å². The van der Waals surface area contributed by atoms with Gasteiger partial charge in [0.1, 0.15) is 41.7 Å². The lowest BCUT2D eigenvalue weighted by atomic mass is 9.94. The first-order chi connectivity index (χ1) is 13.5. The Hall–Kier alpha value is -3.76. The van der Waals surface area contributed by atoms with Gasteiger partial charge in [0.05, 0.1) is 5.69 Å². The monoisotopic (exact) mass is 438 g/mol. The van der Waals surface area contributed by atoms with E-state index in [4.69, 9.17) is 21.5 Å². The van der Waals surface area contributed by atoms with E-state index < -0.39 is 6.04 Å². The zero-order valence-electron chi connectivity index (χ0n) is 14.5. The molecule has 2 heterocycles. The van der Waals surface area contributed by atoms with Crippen LogP contribution in [0.5, 0.6) is 5.75 Å². The Bertz CT molecular complexity index is 1070. The smallest absolute Gasteiger partial charge is 0.211 e. The summed E-state index contributed by atoms with van der Waals surface area (Å²) in [4.78, 5) is 8.77. The van der Waals surface area contributed by atoms with E-state index >= 15 is 0 Å². The van der Waals surface area contributed by atoms with Gasteiger partial charge >= 0.3 is 0 Å². The number of aliphatic imine (C=N–C) groups is 1. The van der Waals surface area contributed by atoms with Crippen LogP contribution in [0.4, 0.5) is 17.3 Å². The molecule has 1 atom stereocenters. The molecule has 1 aliphatic heterocycles. The maximum absolute atomic E-state index is 9.40. The molecule has 0 radical (unpaired) electrons. The van der Waals surface area contributed by atoms with Crippen LogP contribution in [0.2, 0.25) is 0 Å². The van der Waals surface area contributed by atoms with Crippen LogP contribution in [0.25, 0.3) is 0 Å². The average molecular weight is 439 g/mol. The lowest BCUT2D eigenvalue weighted by Gasteiger charge is -2.27. The molecule has 0 spiro atoms. The summed E-state index contributed by atoms with van der Waals surface area (Å²) in [6.45, 7) is 3.95. The maximum Gasteiger partial charge on any atom is 0.211 e. The molecule has 140 valence electrons. The molecule has 1 aliphatic rings. The second-order valence-electron chi connectivity index (χ2n) is 5.68. The maximum atomic E-state index is 9.40. The molecule has 3 rings (SSSR count). The number of halogens is 1. The second-order valence-corrected chi connectivity index (χ2v) is 6.60. The summed E-state index contributed by atoms with van der Waals surface area (Å²) < 4.78 is 6.55. The highest BCUT2D eigenvalue weighted by Crippen LogP contribution is 2.43. The van der Waals surface area contributed by atoms with Gasteiger partial charge in [0, 0.05) is 15.6 Å². The number of benzene rings is 1. The molecular weight excluding hydrogens is 424 g/mol. The van der Waals surface area contributed by atoms with Crippen LogP contribution in [0.1, 0.15) is 22.7 Å². The van der Waals surface area contributed by atoms with Gasteiger partial charge in [-0.1, -0.05) is 28.6 Å². The normalized spacial score (nSPS) is 14.5. The van der Waals surface area contributed by atoms with E-state index in [1.165, 1.54) is 0 Å². The molecule has 28 heavy (non-hydrogen) atoms. The molecule has 0 bridgehead atoms. The zero-order chi connectivity index (χ0) is 20.3. The van der Waals surface area contributed by atoms with E-state index in [2.05, 4.69) is 43.1 Å². The Kier molecular flexibility index (Phi) is 5.34. The molecule has 0 amide bonds. The fraction of sp³-hybridized carbons (Fsp3) is 0.111. The first kappa shape index (κ1) is 19.0. The van der Waals surface area contributed by atoms with E-state index in [9.17, 15) is 5.26 Å². The minimum atomic E-state index is -0.690. The Morgan fingerprint density at radius 2 is 2.18 bits per heavy atom. The van der Waals surface area contributed by atoms with E-state index in [1.807, 2.05) is 24.4 Å². The number of rotatable bonds is 4. The number of anilines is 3. The molecule has 1 unspecified atom stereocenters. The number of nitrogens with one attached hydrogen (secondary N) is 2. The zero-order valence-corrected chi connectivity index (χ0v) is 16.1. The van der Waals surface area contributed by atoms with Crippen LogP contribution in [-0.4, -0.2) is 17.6 Å². The van der Waals surface area contributed by atoms with Crippen molar-refractivity contribution < 1.29 is 4.74 Å². The summed E-state index contributed by atoms with van der Waals surface area (Å²) in [7, 11) is 0. The average Bonchev–Trinajstić information content (AvgIpc) is 2.66. The number of nitriles is 2. The van der Waals surface area contributed by atoms with Crippen molar-refractivity contribution in [2.75, 3.05) is 23.4 Å². The van der Waals surface area contributed by atoms with Crippen LogP contribution < -0.4 is 26.8 Å². The topological polar surface area (TPSA) is 158 Å². The molecule has 0 aliphatic carbocycles. The summed E-state index contributed by atoms with van der Waals surface area (Å²) >= 11 is 3.45. The van der Waals surface area contributed by atoms with E-state index in [-0.39, 0.29) is 23.0 Å². The van der Waals surface area contributed by atoms with Crippen LogP contribution >= 0.6 is 15.9 Å². The summed E-state index contributed by atoms with van der Waals surface area (Å²) in [5.41, 5.74) is 13.5. The third-order valence-electron chi connectivity index (χ3n) is 3.98. The molecule has 0 fully saturated rings. The highest BCUT2D eigenvalue weighted by Gasteiger charge is 2.31. The van der Waals surface area contributed by atoms with E-state index in [0.29, 0.717) is 29.3 Å². The number of hydrogen-bond donors (Lipinski definition) is 4. The molecule has 2 aromatic rings. The van der Waals surface area contributed by atoms with Gasteiger partial charge in [0.15, 0.2) is 6.19 Å². The number of ether oxygens (including phenoxy) is 1. The van der Waals surface area contributed by atoms with Crippen molar-refractivity contribution in [1.82, 2.24) is 10.3 Å². The molecule has 0 saturated carbocycles. The molecule has 6 N–H and O–H groups in total. The Morgan fingerprint density at radius 1 is 1.39 bits per heavy atom. The second kappa shape index (κ2) is 7.86. The van der Waals surface area contributed by atoms with Gasteiger partial charge in [-0.2, -0.15) is 10.5 Å². The molecule has 1 aromatic heterocycles. The van der Waals surface area contributed by atoms with Crippen molar-refractivity contribution in [1.29, 1.82) is 10.5 Å². The Balaban J connectivity index is 2.27. The van der Waals surface area contributed by atoms with Crippen molar-refractivity contribution in [3.05, 3.63) is 52.0 Å². The largest absolute Gasteiger partial charge is 0.489 e. The fourth-order valence-corrected chi connectivity index (χ4v) is 3.20. The highest BCUT2D eigenvalue weighted by molar-refractivity contribution is 9.10. The first-order valence-corrected chi connectivity index (χ1v) is 8.81. The van der Waals surface area contributed by atoms with Crippen molar-refractivity contribution in [3.8, 4) is 18.0 Å². The van der Waals surface area contributed by atoms with Gasteiger partial charge < -0.3 is 21.5 Å². The van der Waals surface area contributed by atoms with Gasteiger partial charge in [0.2, 0.25) is 5.96 Å². The molecular formula is C18H15BrN8O. The molecule has 10 heteroatoms. The summed E-state index contributed by atoms with van der Waals surface area (Å²) in [5, 5.41) is 23.7. The highest BCUT2D eigenvalue weighted by atomic mass is 79.9. The van der Waals surface area contributed by atoms with Crippen LogP contribution in [-0.2, 0) is 0 Å². The summed E-state index contributed by atoms with van der Waals surface area (Å²) in [6.07, 6.45) is 3.44. The number of nitrogens with two attached hydrogens (primary N) is 2. The van der Waals surface area contributed by atoms with E-state index in [1.54, 1.807) is 12.1 Å². The van der Waals surface area contributed by atoms with Gasteiger partial charge in [-0.25, -0.2) is 9.98 Å². The van der Waals surface area contributed by atoms with Crippen molar-refractivity contribution >= 4 is 39.2 Å².